The summed E-state index contributed by atoms with van der Waals surface area (Å²) >= 11 is 0. The molecule has 1 N–H and O–H groups in total. The molecule has 0 fully saturated rings. The number of nitriles is 1. The minimum Gasteiger partial charge on any atom is -0.326 e. The van der Waals surface area contributed by atoms with Crippen molar-refractivity contribution >= 4 is 33.0 Å². The summed E-state index contributed by atoms with van der Waals surface area (Å²) in [5.74, 6) is -0.764. The molecule has 0 spiro atoms. The number of rotatable bonds is 6. The highest BCUT2D eigenvalue weighted by molar-refractivity contribution is 7.91. The summed E-state index contributed by atoms with van der Waals surface area (Å²) in [4.78, 5) is 26.2. The van der Waals surface area contributed by atoms with Gasteiger partial charge in [0.1, 0.15) is 0 Å². The molecule has 1 aliphatic rings. The molecule has 0 aromatic heterocycles. The summed E-state index contributed by atoms with van der Waals surface area (Å²) in [5.41, 5.74) is 2.43. The van der Waals surface area contributed by atoms with Gasteiger partial charge in [-0.05, 0) is 55.3 Å². The van der Waals surface area contributed by atoms with Crippen LogP contribution < -0.4 is 10.2 Å². The summed E-state index contributed by atoms with van der Waals surface area (Å²) in [5, 5.41) is 11.5. The van der Waals surface area contributed by atoms with E-state index in [4.69, 9.17) is 5.26 Å². The predicted molar refractivity (Wildman–Crippen MR) is 114 cm³/mol. The first-order valence-corrected chi connectivity index (χ1v) is 11.4. The van der Waals surface area contributed by atoms with Crippen molar-refractivity contribution in [3.8, 4) is 6.07 Å². The smallest absolute Gasteiger partial charge is 0.226 e. The van der Waals surface area contributed by atoms with Crippen LogP contribution in [-0.2, 0) is 25.8 Å². The zero-order chi connectivity index (χ0) is 21.9. The molecular formula is C22H23N3O4S. The predicted octanol–water partition coefficient (Wildman–Crippen LogP) is 3.05. The molecule has 0 saturated carbocycles. The van der Waals surface area contributed by atoms with Gasteiger partial charge in [0.2, 0.25) is 11.8 Å². The van der Waals surface area contributed by atoms with Crippen LogP contribution in [0.25, 0.3) is 0 Å². The largest absolute Gasteiger partial charge is 0.326 e. The molecule has 2 amide bonds. The van der Waals surface area contributed by atoms with Crippen molar-refractivity contribution in [2.45, 2.75) is 44.0 Å². The quantitative estimate of drug-likeness (QED) is 0.765. The maximum Gasteiger partial charge on any atom is 0.226 e. The van der Waals surface area contributed by atoms with Crippen LogP contribution in [0, 0.1) is 11.3 Å². The number of anilines is 2. The fourth-order valence-electron chi connectivity index (χ4n) is 3.59. The molecule has 8 heteroatoms. The third-order valence-electron chi connectivity index (χ3n) is 5.07. The van der Waals surface area contributed by atoms with Crippen molar-refractivity contribution in [2.75, 3.05) is 16.0 Å². The number of nitrogens with zero attached hydrogens (tertiary/aromatic N) is 2. The molecule has 1 aliphatic heterocycles. The van der Waals surface area contributed by atoms with Crippen LogP contribution >= 0.6 is 0 Å². The second-order valence-electron chi connectivity index (χ2n) is 7.27. The Bertz CT molecular complexity index is 1140. The van der Waals surface area contributed by atoms with Gasteiger partial charge in [-0.15, -0.1) is 0 Å². The van der Waals surface area contributed by atoms with Gasteiger partial charge in [-0.25, -0.2) is 8.42 Å². The SMILES string of the molecule is CCC(=O)N1c2ccc(S(=O)(=O)CCC(=O)Nc3cccc(C#N)c3)cc2C[C@@H]1C. The van der Waals surface area contributed by atoms with E-state index in [0.29, 0.717) is 24.1 Å². The normalized spacial score (nSPS) is 15.4. The third kappa shape index (κ3) is 4.52. The summed E-state index contributed by atoms with van der Waals surface area (Å²) in [6.07, 6.45) is 0.781. The van der Waals surface area contributed by atoms with E-state index < -0.39 is 15.7 Å². The van der Waals surface area contributed by atoms with Gasteiger partial charge in [-0.3, -0.25) is 9.59 Å². The Morgan fingerprint density at radius 3 is 2.70 bits per heavy atom. The summed E-state index contributed by atoms with van der Waals surface area (Å²) in [6.45, 7) is 3.74. The van der Waals surface area contributed by atoms with Gasteiger partial charge in [0.25, 0.3) is 0 Å². The summed E-state index contributed by atoms with van der Waals surface area (Å²) in [6, 6.07) is 13.2. The van der Waals surface area contributed by atoms with Gasteiger partial charge >= 0.3 is 0 Å². The number of hydrogen-bond donors (Lipinski definition) is 1. The molecule has 2 aromatic carbocycles. The average molecular weight is 426 g/mol. The van der Waals surface area contributed by atoms with Crippen LogP contribution in [0.15, 0.2) is 47.4 Å². The lowest BCUT2D eigenvalue weighted by Gasteiger charge is -2.22. The maximum absolute atomic E-state index is 12.7. The number of nitrogens with one attached hydrogen (secondary N) is 1. The van der Waals surface area contributed by atoms with Crippen LogP contribution in [-0.4, -0.2) is 32.0 Å². The number of amides is 2. The first kappa shape index (κ1) is 21.5. The van der Waals surface area contributed by atoms with Crippen molar-refractivity contribution in [1.82, 2.24) is 0 Å². The lowest BCUT2D eigenvalue weighted by molar-refractivity contribution is -0.118. The van der Waals surface area contributed by atoms with Crippen molar-refractivity contribution in [3.05, 3.63) is 53.6 Å². The molecular weight excluding hydrogens is 402 g/mol. The highest BCUT2D eigenvalue weighted by atomic mass is 32.2. The lowest BCUT2D eigenvalue weighted by atomic mass is 10.1. The Morgan fingerprint density at radius 2 is 2.00 bits per heavy atom. The molecule has 0 bridgehead atoms. The Kier molecular flexibility index (Phi) is 6.22. The van der Waals surface area contributed by atoms with E-state index in [0.717, 1.165) is 11.3 Å². The van der Waals surface area contributed by atoms with Gasteiger partial charge in [0, 0.05) is 30.3 Å². The van der Waals surface area contributed by atoms with Crippen molar-refractivity contribution in [1.29, 1.82) is 5.26 Å². The molecule has 1 heterocycles. The van der Waals surface area contributed by atoms with Crippen molar-refractivity contribution in [3.63, 3.8) is 0 Å². The number of carbonyl (C=O) groups is 2. The Balaban J connectivity index is 1.69. The van der Waals surface area contributed by atoms with E-state index in [1.54, 1.807) is 42.2 Å². The van der Waals surface area contributed by atoms with E-state index >= 15 is 0 Å². The number of sulfone groups is 1. The van der Waals surface area contributed by atoms with Gasteiger partial charge < -0.3 is 10.2 Å². The van der Waals surface area contributed by atoms with Crippen molar-refractivity contribution in [2.24, 2.45) is 0 Å². The topological polar surface area (TPSA) is 107 Å². The van der Waals surface area contributed by atoms with Crippen LogP contribution in [0.1, 0.15) is 37.8 Å². The third-order valence-corrected chi connectivity index (χ3v) is 6.78. The van der Waals surface area contributed by atoms with E-state index in [1.807, 2.05) is 13.0 Å². The molecule has 1 atom stereocenters. The van der Waals surface area contributed by atoms with Crippen LogP contribution in [0.4, 0.5) is 11.4 Å². The summed E-state index contributed by atoms with van der Waals surface area (Å²) < 4.78 is 25.5. The number of benzene rings is 2. The minimum absolute atomic E-state index is 0.00833. The van der Waals surface area contributed by atoms with Crippen LogP contribution in [0.2, 0.25) is 0 Å². The molecule has 3 rings (SSSR count). The van der Waals surface area contributed by atoms with Crippen LogP contribution in [0.3, 0.4) is 0 Å². The molecule has 0 radical (unpaired) electrons. The van der Waals surface area contributed by atoms with E-state index in [9.17, 15) is 18.0 Å². The first-order chi connectivity index (χ1) is 14.2. The highest BCUT2D eigenvalue weighted by Gasteiger charge is 2.31. The second-order valence-corrected chi connectivity index (χ2v) is 9.38. The standard InChI is InChI=1S/C22H23N3O4S/c1-3-22(27)25-15(2)11-17-13-19(7-8-20(17)25)30(28,29)10-9-21(26)24-18-6-4-5-16(12-18)14-23/h4-8,12-13,15H,3,9-11H2,1-2H3,(H,24,26)/t15-/m0/s1. The fraction of sp³-hybridized carbons (Fsp3) is 0.318. The first-order valence-electron chi connectivity index (χ1n) is 9.73. The zero-order valence-corrected chi connectivity index (χ0v) is 17.7. The minimum atomic E-state index is -3.66. The van der Waals surface area contributed by atoms with E-state index in [-0.39, 0.29) is 29.0 Å². The van der Waals surface area contributed by atoms with E-state index in [1.165, 1.54) is 12.1 Å². The molecule has 156 valence electrons. The summed E-state index contributed by atoms with van der Waals surface area (Å²) in [7, 11) is -3.66. The Morgan fingerprint density at radius 1 is 1.23 bits per heavy atom. The number of carbonyl (C=O) groups excluding carboxylic acids is 2. The molecule has 30 heavy (non-hydrogen) atoms. The monoisotopic (exact) mass is 425 g/mol. The van der Waals surface area contributed by atoms with E-state index in [2.05, 4.69) is 5.32 Å². The Hall–Kier alpha value is -3.18. The number of fused-ring (bicyclic) bond motifs is 1. The van der Waals surface area contributed by atoms with Gasteiger partial charge in [0.05, 0.1) is 22.3 Å². The lowest BCUT2D eigenvalue weighted by Crippen LogP contribution is -2.35. The van der Waals surface area contributed by atoms with Crippen molar-refractivity contribution < 1.29 is 18.0 Å². The van der Waals surface area contributed by atoms with Crippen LogP contribution in [0.5, 0.6) is 0 Å². The molecule has 0 saturated heterocycles. The van der Waals surface area contributed by atoms with Gasteiger partial charge in [-0.2, -0.15) is 5.26 Å². The van der Waals surface area contributed by atoms with Gasteiger partial charge in [0.15, 0.2) is 9.84 Å². The van der Waals surface area contributed by atoms with Gasteiger partial charge in [-0.1, -0.05) is 13.0 Å². The average Bonchev–Trinajstić information content (AvgIpc) is 3.06. The fourth-order valence-corrected chi connectivity index (χ4v) is 4.87. The zero-order valence-electron chi connectivity index (χ0n) is 16.9. The molecule has 0 aliphatic carbocycles. The molecule has 0 unspecified atom stereocenters. The Labute approximate surface area is 176 Å². The number of hydrogen-bond acceptors (Lipinski definition) is 5. The molecule has 7 nitrogen and oxygen atoms in total. The highest BCUT2D eigenvalue weighted by Crippen LogP contribution is 2.34. The second kappa shape index (κ2) is 8.67. The molecule has 2 aromatic rings. The maximum atomic E-state index is 12.7.